The van der Waals surface area contributed by atoms with E-state index in [1.165, 1.54) is 12.3 Å². The van der Waals surface area contributed by atoms with E-state index in [2.05, 4.69) is 4.98 Å². The van der Waals surface area contributed by atoms with Gasteiger partial charge in [-0.2, -0.15) is 13.2 Å². The highest BCUT2D eigenvalue weighted by Crippen LogP contribution is 2.34. The van der Waals surface area contributed by atoms with Crippen LogP contribution in [0.5, 0.6) is 0 Å². The summed E-state index contributed by atoms with van der Waals surface area (Å²) in [6, 6.07) is 3.47. The van der Waals surface area contributed by atoms with Crippen molar-refractivity contribution in [1.82, 2.24) is 9.38 Å². The van der Waals surface area contributed by atoms with E-state index in [4.69, 9.17) is 4.74 Å². The number of hydrogen-bond acceptors (Lipinski definition) is 4. The first-order valence-corrected chi connectivity index (χ1v) is 6.88. The van der Waals surface area contributed by atoms with Crippen molar-refractivity contribution in [2.75, 3.05) is 6.61 Å². The van der Waals surface area contributed by atoms with Crippen molar-refractivity contribution in [2.24, 2.45) is 0 Å². The molecule has 0 bridgehead atoms. The third-order valence-corrected chi connectivity index (χ3v) is 3.92. The number of nitrogens with zero attached hydrogens (tertiary/aromatic N) is 2. The summed E-state index contributed by atoms with van der Waals surface area (Å²) in [5, 5.41) is 0. The number of hydrogen-bond donors (Lipinski definition) is 0. The maximum absolute atomic E-state index is 12.7. The second kappa shape index (κ2) is 4.73. The highest BCUT2D eigenvalue weighted by molar-refractivity contribution is 7.23. The molecule has 0 spiro atoms. The van der Waals surface area contributed by atoms with Crippen LogP contribution < -0.4 is 0 Å². The Morgan fingerprint density at radius 2 is 2.19 bits per heavy atom. The van der Waals surface area contributed by atoms with Gasteiger partial charge in [0.05, 0.1) is 22.4 Å². The lowest BCUT2D eigenvalue weighted by Gasteiger charge is -2.05. The second-order valence-corrected chi connectivity index (χ2v) is 5.29. The van der Waals surface area contributed by atoms with Gasteiger partial charge in [-0.1, -0.05) is 11.3 Å². The number of thiazole rings is 1. The average molecular weight is 314 g/mol. The van der Waals surface area contributed by atoms with Crippen LogP contribution in [0.15, 0.2) is 24.4 Å². The van der Waals surface area contributed by atoms with Crippen molar-refractivity contribution in [3.8, 4) is 0 Å². The van der Waals surface area contributed by atoms with E-state index in [0.717, 1.165) is 23.5 Å². The molecule has 1 aromatic carbocycles. The molecule has 0 atom stereocenters. The molecule has 2 heterocycles. The summed E-state index contributed by atoms with van der Waals surface area (Å²) in [5.74, 6) is -0.548. The third kappa shape index (κ3) is 2.35. The number of fused-ring (bicyclic) bond motifs is 3. The zero-order valence-electron chi connectivity index (χ0n) is 10.8. The molecule has 3 rings (SSSR count). The minimum atomic E-state index is -4.38. The summed E-state index contributed by atoms with van der Waals surface area (Å²) in [7, 11) is 0. The number of benzene rings is 1. The highest BCUT2D eigenvalue weighted by Gasteiger charge is 2.31. The fraction of sp³-hybridized carbons (Fsp3) is 0.231. The number of carbonyl (C=O) groups excluding carboxylic acids is 1. The van der Waals surface area contributed by atoms with E-state index < -0.39 is 17.7 Å². The van der Waals surface area contributed by atoms with Crippen LogP contribution in [-0.2, 0) is 10.9 Å². The van der Waals surface area contributed by atoms with Crippen LogP contribution >= 0.6 is 11.3 Å². The van der Waals surface area contributed by atoms with E-state index in [1.54, 1.807) is 11.3 Å². The van der Waals surface area contributed by atoms with E-state index in [1.807, 2.05) is 0 Å². The molecule has 2 aromatic heterocycles. The van der Waals surface area contributed by atoms with Crippen LogP contribution in [-0.4, -0.2) is 22.0 Å². The van der Waals surface area contributed by atoms with Crippen LogP contribution in [0.25, 0.3) is 15.2 Å². The molecule has 0 amide bonds. The lowest BCUT2D eigenvalue weighted by molar-refractivity contribution is -0.137. The number of aromatic nitrogens is 2. The van der Waals surface area contributed by atoms with E-state index in [0.29, 0.717) is 15.2 Å². The zero-order valence-corrected chi connectivity index (χ0v) is 11.6. The van der Waals surface area contributed by atoms with Crippen molar-refractivity contribution in [2.45, 2.75) is 13.1 Å². The van der Waals surface area contributed by atoms with Crippen molar-refractivity contribution in [1.29, 1.82) is 0 Å². The van der Waals surface area contributed by atoms with E-state index in [-0.39, 0.29) is 12.3 Å². The van der Waals surface area contributed by atoms with Gasteiger partial charge in [-0.25, -0.2) is 9.78 Å². The first-order chi connectivity index (χ1) is 9.90. The molecule has 0 radical (unpaired) electrons. The molecule has 21 heavy (non-hydrogen) atoms. The molecule has 3 aromatic rings. The molecular formula is C13H9F3N2O2S. The van der Waals surface area contributed by atoms with E-state index in [9.17, 15) is 18.0 Å². The van der Waals surface area contributed by atoms with Gasteiger partial charge >= 0.3 is 12.1 Å². The lowest BCUT2D eigenvalue weighted by Crippen LogP contribution is -2.04. The predicted octanol–water partition coefficient (Wildman–Crippen LogP) is 3.74. The van der Waals surface area contributed by atoms with Gasteiger partial charge in [-0.15, -0.1) is 0 Å². The molecule has 0 N–H and O–H groups in total. The Morgan fingerprint density at radius 1 is 1.43 bits per heavy atom. The number of halogens is 3. The summed E-state index contributed by atoms with van der Waals surface area (Å²) in [6.07, 6.45) is -2.91. The van der Waals surface area contributed by atoms with Gasteiger partial charge in [0.2, 0.25) is 0 Å². The monoisotopic (exact) mass is 314 g/mol. The van der Waals surface area contributed by atoms with Crippen molar-refractivity contribution < 1.29 is 22.7 Å². The smallest absolute Gasteiger partial charge is 0.416 e. The molecule has 0 fully saturated rings. The Labute approximate surface area is 120 Å². The number of carbonyl (C=O) groups is 1. The Hall–Kier alpha value is -2.09. The quantitative estimate of drug-likeness (QED) is 0.677. The van der Waals surface area contributed by atoms with Crippen LogP contribution in [0.4, 0.5) is 13.2 Å². The standard InChI is InChI=1S/C13H9F3N2O2S/c1-2-20-11(19)8-6-18-9-4-3-7(13(14,15)16)5-10(9)21-12(18)17-8/h3-6H,2H2,1H3. The summed E-state index contributed by atoms with van der Waals surface area (Å²) < 4.78 is 44.9. The molecule has 4 nitrogen and oxygen atoms in total. The summed E-state index contributed by atoms with van der Waals surface area (Å²) in [4.78, 5) is 16.1. The topological polar surface area (TPSA) is 43.6 Å². The molecule has 0 aliphatic carbocycles. The van der Waals surface area contributed by atoms with Gasteiger partial charge in [-0.3, -0.25) is 4.40 Å². The number of imidazole rings is 1. The molecule has 0 aliphatic rings. The SMILES string of the molecule is CCOC(=O)c1cn2c(n1)sc1cc(C(F)(F)F)ccc12. The number of rotatable bonds is 2. The zero-order chi connectivity index (χ0) is 15.2. The van der Waals surface area contributed by atoms with E-state index >= 15 is 0 Å². The van der Waals surface area contributed by atoms with Gasteiger partial charge in [0, 0.05) is 6.20 Å². The number of esters is 1. The van der Waals surface area contributed by atoms with Gasteiger partial charge in [-0.05, 0) is 25.1 Å². The Balaban J connectivity index is 2.11. The van der Waals surface area contributed by atoms with Crippen LogP contribution in [0.2, 0.25) is 0 Å². The van der Waals surface area contributed by atoms with Crippen molar-refractivity contribution in [3.63, 3.8) is 0 Å². The fourth-order valence-electron chi connectivity index (χ4n) is 1.98. The summed E-state index contributed by atoms with van der Waals surface area (Å²) in [6.45, 7) is 1.92. The van der Waals surface area contributed by atoms with Crippen LogP contribution in [0.1, 0.15) is 23.0 Å². The van der Waals surface area contributed by atoms with Gasteiger partial charge < -0.3 is 4.74 Å². The second-order valence-electron chi connectivity index (χ2n) is 4.28. The van der Waals surface area contributed by atoms with Gasteiger partial charge in [0.15, 0.2) is 10.7 Å². The Kier molecular flexibility index (Phi) is 3.12. The Morgan fingerprint density at radius 3 is 2.86 bits per heavy atom. The Bertz CT molecular complexity index is 835. The molecule has 0 saturated carbocycles. The normalized spacial score (nSPS) is 12.2. The minimum Gasteiger partial charge on any atom is -0.461 e. The van der Waals surface area contributed by atoms with Crippen LogP contribution in [0.3, 0.4) is 0 Å². The molecule has 8 heteroatoms. The maximum atomic E-state index is 12.7. The summed E-state index contributed by atoms with van der Waals surface area (Å²) in [5.41, 5.74) is 0.0149. The molecule has 0 unspecified atom stereocenters. The maximum Gasteiger partial charge on any atom is 0.416 e. The van der Waals surface area contributed by atoms with Gasteiger partial charge in [0.1, 0.15) is 0 Å². The molecular weight excluding hydrogens is 305 g/mol. The fourth-order valence-corrected chi connectivity index (χ4v) is 3.03. The molecule has 110 valence electrons. The summed E-state index contributed by atoms with van der Waals surface area (Å²) >= 11 is 1.09. The first kappa shape index (κ1) is 13.9. The number of ether oxygens (including phenoxy) is 1. The largest absolute Gasteiger partial charge is 0.461 e. The predicted molar refractivity (Wildman–Crippen MR) is 71.5 cm³/mol. The van der Waals surface area contributed by atoms with Crippen LogP contribution in [0, 0.1) is 0 Å². The minimum absolute atomic E-state index is 0.143. The van der Waals surface area contributed by atoms with Gasteiger partial charge in [0.25, 0.3) is 0 Å². The molecule has 0 aliphatic heterocycles. The van der Waals surface area contributed by atoms with Crippen molar-refractivity contribution >= 4 is 32.5 Å². The molecule has 0 saturated heterocycles. The average Bonchev–Trinajstić information content (AvgIpc) is 2.94. The first-order valence-electron chi connectivity index (χ1n) is 6.06. The third-order valence-electron chi connectivity index (χ3n) is 2.91. The highest BCUT2D eigenvalue weighted by atomic mass is 32.1. The lowest BCUT2D eigenvalue weighted by atomic mass is 10.2. The van der Waals surface area contributed by atoms with Crippen molar-refractivity contribution in [3.05, 3.63) is 35.7 Å². The number of alkyl halides is 3.